The van der Waals surface area contributed by atoms with Gasteiger partial charge in [-0.15, -0.1) is 11.3 Å². The molecule has 0 fully saturated rings. The fourth-order valence-electron chi connectivity index (χ4n) is 2.47. The molecule has 0 unspecified atom stereocenters. The van der Waals surface area contributed by atoms with E-state index >= 15 is 0 Å². The van der Waals surface area contributed by atoms with Crippen molar-refractivity contribution in [2.24, 2.45) is 0 Å². The van der Waals surface area contributed by atoms with Crippen LogP contribution in [0, 0.1) is 0 Å². The summed E-state index contributed by atoms with van der Waals surface area (Å²) in [6.45, 7) is 6.61. The van der Waals surface area contributed by atoms with Crippen LogP contribution in [0.1, 0.15) is 50.1 Å². The Morgan fingerprint density at radius 3 is 2.55 bits per heavy atom. The highest BCUT2D eigenvalue weighted by molar-refractivity contribution is 7.09. The van der Waals surface area contributed by atoms with Crippen molar-refractivity contribution in [1.29, 1.82) is 0 Å². The molecule has 22 heavy (non-hydrogen) atoms. The van der Waals surface area contributed by atoms with Gasteiger partial charge in [0.05, 0.1) is 10.7 Å². The minimum absolute atomic E-state index is 1.03. The van der Waals surface area contributed by atoms with Gasteiger partial charge in [-0.1, -0.05) is 57.4 Å². The fraction of sp³-hybridized carbons (Fsp3) is 0.526. The van der Waals surface area contributed by atoms with E-state index in [1.54, 1.807) is 11.3 Å². The van der Waals surface area contributed by atoms with Crippen LogP contribution in [-0.4, -0.2) is 18.1 Å². The molecule has 2 nitrogen and oxygen atoms in total. The van der Waals surface area contributed by atoms with Gasteiger partial charge in [-0.2, -0.15) is 0 Å². The number of thiazole rings is 1. The molecule has 0 saturated carbocycles. The highest BCUT2D eigenvalue weighted by Gasteiger charge is 2.04. The molecule has 0 aliphatic carbocycles. The van der Waals surface area contributed by atoms with E-state index in [-0.39, 0.29) is 0 Å². The van der Waals surface area contributed by atoms with Gasteiger partial charge in [0.1, 0.15) is 0 Å². The lowest BCUT2D eigenvalue weighted by Gasteiger charge is -2.02. The maximum atomic E-state index is 4.76. The highest BCUT2D eigenvalue weighted by Crippen LogP contribution is 2.22. The first-order chi connectivity index (χ1) is 10.8. The molecule has 1 aromatic carbocycles. The first-order valence-corrected chi connectivity index (χ1v) is 9.46. The molecule has 0 aliphatic rings. The number of rotatable bonds is 10. The summed E-state index contributed by atoms with van der Waals surface area (Å²) in [6.07, 6.45) is 7.42. The number of aromatic nitrogens is 1. The van der Waals surface area contributed by atoms with Crippen LogP contribution in [0.4, 0.5) is 0 Å². The van der Waals surface area contributed by atoms with Crippen LogP contribution in [0.3, 0.4) is 0 Å². The van der Waals surface area contributed by atoms with Crippen LogP contribution in [-0.2, 0) is 12.8 Å². The summed E-state index contributed by atoms with van der Waals surface area (Å²) in [7, 11) is 0. The molecule has 0 spiro atoms. The number of unbranched alkanes of at least 4 members (excludes halogenated alkanes) is 3. The van der Waals surface area contributed by atoms with Crippen LogP contribution < -0.4 is 5.32 Å². The van der Waals surface area contributed by atoms with Gasteiger partial charge in [0.25, 0.3) is 0 Å². The average Bonchev–Trinajstić information content (AvgIpc) is 3.03. The Balaban J connectivity index is 1.74. The summed E-state index contributed by atoms with van der Waals surface area (Å²) in [5.41, 5.74) is 3.73. The van der Waals surface area contributed by atoms with Crippen molar-refractivity contribution in [3.05, 3.63) is 40.2 Å². The topological polar surface area (TPSA) is 24.9 Å². The van der Waals surface area contributed by atoms with Crippen molar-refractivity contribution < 1.29 is 0 Å². The summed E-state index contributed by atoms with van der Waals surface area (Å²) < 4.78 is 0. The average molecular weight is 317 g/mol. The lowest BCUT2D eigenvalue weighted by atomic mass is 10.1. The lowest BCUT2D eigenvalue weighted by Crippen LogP contribution is -2.18. The molecule has 2 aromatic rings. The third-order valence-corrected chi connectivity index (χ3v) is 4.84. The fourth-order valence-corrected chi connectivity index (χ4v) is 3.27. The van der Waals surface area contributed by atoms with Gasteiger partial charge >= 0.3 is 0 Å². The van der Waals surface area contributed by atoms with E-state index in [0.717, 1.165) is 31.6 Å². The molecule has 0 bridgehead atoms. The van der Waals surface area contributed by atoms with E-state index in [1.807, 2.05) is 0 Å². The molecular formula is C19H28N2S. The number of nitrogens with one attached hydrogen (secondary N) is 1. The minimum Gasteiger partial charge on any atom is -0.316 e. The molecule has 2 rings (SSSR count). The van der Waals surface area contributed by atoms with Crippen LogP contribution in [0.5, 0.6) is 0 Å². The second-order valence-electron chi connectivity index (χ2n) is 5.74. The Morgan fingerprint density at radius 2 is 1.82 bits per heavy atom. The second-order valence-corrected chi connectivity index (χ2v) is 6.68. The van der Waals surface area contributed by atoms with E-state index in [1.165, 1.54) is 41.8 Å². The SMILES string of the molecule is CCCCCCNCCc1nc(-c2ccc(CC)cc2)cs1. The maximum absolute atomic E-state index is 4.76. The largest absolute Gasteiger partial charge is 0.316 e. The zero-order valence-electron chi connectivity index (χ0n) is 13.9. The first-order valence-electron chi connectivity index (χ1n) is 8.58. The summed E-state index contributed by atoms with van der Waals surface area (Å²) in [5.74, 6) is 0. The zero-order valence-corrected chi connectivity index (χ0v) is 14.7. The summed E-state index contributed by atoms with van der Waals surface area (Å²) >= 11 is 1.78. The lowest BCUT2D eigenvalue weighted by molar-refractivity contribution is 0.598. The predicted octanol–water partition coefficient (Wildman–Crippen LogP) is 5.08. The van der Waals surface area contributed by atoms with E-state index in [9.17, 15) is 0 Å². The van der Waals surface area contributed by atoms with Gasteiger partial charge in [-0.05, 0) is 24.9 Å². The van der Waals surface area contributed by atoms with Crippen molar-refractivity contribution in [3.63, 3.8) is 0 Å². The van der Waals surface area contributed by atoms with Gasteiger partial charge < -0.3 is 5.32 Å². The number of nitrogens with zero attached hydrogens (tertiary/aromatic N) is 1. The van der Waals surface area contributed by atoms with E-state index in [2.05, 4.69) is 48.8 Å². The van der Waals surface area contributed by atoms with Gasteiger partial charge in [-0.3, -0.25) is 0 Å². The molecule has 120 valence electrons. The highest BCUT2D eigenvalue weighted by atomic mass is 32.1. The first kappa shape index (κ1) is 17.2. The van der Waals surface area contributed by atoms with Crippen molar-refractivity contribution in [1.82, 2.24) is 10.3 Å². The number of aryl methyl sites for hydroxylation is 1. The summed E-state index contributed by atoms with van der Waals surface area (Å²) in [4.78, 5) is 4.76. The van der Waals surface area contributed by atoms with Crippen molar-refractivity contribution in [3.8, 4) is 11.3 Å². The smallest absolute Gasteiger partial charge is 0.0945 e. The Kier molecular flexibility index (Phi) is 7.61. The van der Waals surface area contributed by atoms with Gasteiger partial charge in [0.15, 0.2) is 0 Å². The van der Waals surface area contributed by atoms with Crippen LogP contribution in [0.25, 0.3) is 11.3 Å². The molecular weight excluding hydrogens is 288 g/mol. The summed E-state index contributed by atoms with van der Waals surface area (Å²) in [6, 6.07) is 8.77. The van der Waals surface area contributed by atoms with Crippen LogP contribution in [0.15, 0.2) is 29.6 Å². The third kappa shape index (κ3) is 5.54. The standard InChI is InChI=1S/C19H28N2S/c1-3-5-6-7-13-20-14-12-19-21-18(15-22-19)17-10-8-16(4-2)9-11-17/h8-11,15,20H,3-7,12-14H2,1-2H3. The van der Waals surface area contributed by atoms with E-state index in [0.29, 0.717) is 0 Å². The van der Waals surface area contributed by atoms with Crippen LogP contribution >= 0.6 is 11.3 Å². The molecule has 0 radical (unpaired) electrons. The van der Waals surface area contributed by atoms with Crippen LogP contribution in [0.2, 0.25) is 0 Å². The van der Waals surface area contributed by atoms with Crippen molar-refractivity contribution in [2.45, 2.75) is 52.4 Å². The minimum atomic E-state index is 1.03. The predicted molar refractivity (Wildman–Crippen MR) is 97.6 cm³/mol. The Hall–Kier alpha value is -1.19. The molecule has 1 heterocycles. The molecule has 3 heteroatoms. The normalized spacial score (nSPS) is 11.0. The zero-order chi connectivity index (χ0) is 15.6. The Labute approximate surface area is 139 Å². The van der Waals surface area contributed by atoms with Gasteiger partial charge in [0, 0.05) is 23.9 Å². The number of benzene rings is 1. The molecule has 1 aromatic heterocycles. The molecule has 0 amide bonds. The quantitative estimate of drug-likeness (QED) is 0.618. The second kappa shape index (κ2) is 9.75. The van der Waals surface area contributed by atoms with Gasteiger partial charge in [0.2, 0.25) is 0 Å². The molecule has 0 aliphatic heterocycles. The monoisotopic (exact) mass is 316 g/mol. The Morgan fingerprint density at radius 1 is 1.00 bits per heavy atom. The van der Waals surface area contributed by atoms with E-state index in [4.69, 9.17) is 4.98 Å². The third-order valence-electron chi connectivity index (χ3n) is 3.93. The van der Waals surface area contributed by atoms with Crippen molar-refractivity contribution >= 4 is 11.3 Å². The van der Waals surface area contributed by atoms with Crippen molar-refractivity contribution in [2.75, 3.05) is 13.1 Å². The Bertz CT molecular complexity index is 531. The number of hydrogen-bond acceptors (Lipinski definition) is 3. The summed E-state index contributed by atoms with van der Waals surface area (Å²) in [5, 5.41) is 6.93. The molecule has 1 N–H and O–H groups in total. The van der Waals surface area contributed by atoms with E-state index < -0.39 is 0 Å². The maximum Gasteiger partial charge on any atom is 0.0945 e. The molecule has 0 saturated heterocycles. The van der Waals surface area contributed by atoms with Gasteiger partial charge in [-0.25, -0.2) is 4.98 Å². The number of hydrogen-bond donors (Lipinski definition) is 1. The molecule has 0 atom stereocenters.